The Morgan fingerprint density at radius 3 is 2.50 bits per heavy atom. The third-order valence-corrected chi connectivity index (χ3v) is 5.49. The number of aromatic nitrogens is 1. The average Bonchev–Trinajstić information content (AvgIpc) is 2.84. The van der Waals surface area contributed by atoms with Crippen LogP contribution in [0.15, 0.2) is 41.5 Å². The molecule has 2 N–H and O–H groups in total. The molecule has 0 amide bonds. The summed E-state index contributed by atoms with van der Waals surface area (Å²) in [7, 11) is 1.80. The molecule has 7 nitrogen and oxygen atoms in total. The molecule has 0 spiro atoms. The number of benzene rings is 1. The van der Waals surface area contributed by atoms with Gasteiger partial charge in [0.1, 0.15) is 5.82 Å². The lowest BCUT2D eigenvalue weighted by Gasteiger charge is -2.28. The number of hydrogen-bond donors (Lipinski definition) is 2. The Morgan fingerprint density at radius 1 is 0.969 bits per heavy atom. The minimum absolute atomic E-state index is 0.618. The highest BCUT2D eigenvalue weighted by molar-refractivity contribution is 5.79. The zero-order valence-corrected chi connectivity index (χ0v) is 19.7. The second-order valence-corrected chi connectivity index (χ2v) is 7.82. The van der Waals surface area contributed by atoms with E-state index in [1.807, 2.05) is 26.1 Å². The third-order valence-electron chi connectivity index (χ3n) is 5.49. The SMILES string of the molecule is CCOc1ccc(CCNC(=NC)NCc2ccnc(N3CCCCC3)c2)cc1OCC. The summed E-state index contributed by atoms with van der Waals surface area (Å²) >= 11 is 0. The maximum absolute atomic E-state index is 5.73. The summed E-state index contributed by atoms with van der Waals surface area (Å²) in [6.07, 6.45) is 6.59. The van der Waals surface area contributed by atoms with Crippen molar-refractivity contribution in [3.63, 3.8) is 0 Å². The Balaban J connectivity index is 1.49. The van der Waals surface area contributed by atoms with Crippen LogP contribution in [0.5, 0.6) is 11.5 Å². The van der Waals surface area contributed by atoms with Crippen LogP contribution >= 0.6 is 0 Å². The van der Waals surface area contributed by atoms with E-state index in [1.165, 1.54) is 30.4 Å². The lowest BCUT2D eigenvalue weighted by molar-refractivity contribution is 0.287. The Morgan fingerprint density at radius 2 is 1.75 bits per heavy atom. The second-order valence-electron chi connectivity index (χ2n) is 7.82. The maximum Gasteiger partial charge on any atom is 0.191 e. The molecule has 1 saturated heterocycles. The minimum Gasteiger partial charge on any atom is -0.490 e. The summed E-state index contributed by atoms with van der Waals surface area (Å²) in [5.74, 6) is 3.46. The number of rotatable bonds is 10. The van der Waals surface area contributed by atoms with Gasteiger partial charge in [-0.15, -0.1) is 0 Å². The van der Waals surface area contributed by atoms with Crippen molar-refractivity contribution in [3.05, 3.63) is 47.7 Å². The van der Waals surface area contributed by atoms with Gasteiger partial charge in [-0.3, -0.25) is 4.99 Å². The Kier molecular flexibility index (Phi) is 9.47. The minimum atomic E-state index is 0.618. The highest BCUT2D eigenvalue weighted by Crippen LogP contribution is 2.28. The van der Waals surface area contributed by atoms with Crippen LogP contribution in [-0.4, -0.2) is 50.8 Å². The molecule has 1 aliphatic heterocycles. The molecule has 174 valence electrons. The molecular weight excluding hydrogens is 402 g/mol. The number of piperidine rings is 1. The molecule has 3 rings (SSSR count). The van der Waals surface area contributed by atoms with Gasteiger partial charge in [0.15, 0.2) is 17.5 Å². The fraction of sp³-hybridized carbons (Fsp3) is 0.520. The number of hydrogen-bond acceptors (Lipinski definition) is 5. The third kappa shape index (κ3) is 7.04. The average molecular weight is 440 g/mol. The van der Waals surface area contributed by atoms with E-state index < -0.39 is 0 Å². The van der Waals surface area contributed by atoms with E-state index in [0.29, 0.717) is 19.8 Å². The topological polar surface area (TPSA) is 71.0 Å². The van der Waals surface area contributed by atoms with Crippen LogP contribution in [0, 0.1) is 0 Å². The van der Waals surface area contributed by atoms with Crippen molar-refractivity contribution in [1.29, 1.82) is 0 Å². The van der Waals surface area contributed by atoms with Gasteiger partial charge >= 0.3 is 0 Å². The summed E-state index contributed by atoms with van der Waals surface area (Å²) in [4.78, 5) is 11.3. The van der Waals surface area contributed by atoms with E-state index >= 15 is 0 Å². The van der Waals surface area contributed by atoms with Crippen molar-refractivity contribution in [2.45, 2.75) is 46.1 Å². The molecule has 0 bridgehead atoms. The number of guanidine groups is 1. The highest BCUT2D eigenvalue weighted by Gasteiger charge is 2.12. The molecule has 2 aromatic rings. The standard InChI is InChI=1S/C25H37N5O2/c1-4-31-22-10-9-20(17-23(22)32-5-2)11-14-28-25(26-3)29-19-21-12-13-27-24(18-21)30-15-7-6-8-16-30/h9-10,12-13,17-18H,4-8,11,14-16,19H2,1-3H3,(H2,26,28,29). The number of ether oxygens (including phenoxy) is 2. The molecule has 1 aromatic heterocycles. The molecule has 7 heteroatoms. The number of nitrogens with zero attached hydrogens (tertiary/aromatic N) is 3. The molecule has 0 radical (unpaired) electrons. The van der Waals surface area contributed by atoms with E-state index in [0.717, 1.165) is 49.3 Å². The Bertz CT molecular complexity index is 865. The molecule has 32 heavy (non-hydrogen) atoms. The van der Waals surface area contributed by atoms with Gasteiger partial charge < -0.3 is 25.0 Å². The first-order chi connectivity index (χ1) is 15.7. The zero-order valence-electron chi connectivity index (χ0n) is 19.7. The van der Waals surface area contributed by atoms with Crippen molar-refractivity contribution in [1.82, 2.24) is 15.6 Å². The molecule has 0 atom stereocenters. The van der Waals surface area contributed by atoms with E-state index in [-0.39, 0.29) is 0 Å². The number of nitrogens with one attached hydrogen (secondary N) is 2. The smallest absolute Gasteiger partial charge is 0.191 e. The monoisotopic (exact) mass is 439 g/mol. The van der Waals surface area contributed by atoms with Crippen molar-refractivity contribution in [2.75, 3.05) is 44.8 Å². The summed E-state index contributed by atoms with van der Waals surface area (Å²) in [5, 5.41) is 6.81. The van der Waals surface area contributed by atoms with Crippen molar-refractivity contribution >= 4 is 11.8 Å². The van der Waals surface area contributed by atoms with Gasteiger partial charge in [-0.2, -0.15) is 0 Å². The van der Waals surface area contributed by atoms with Crippen LogP contribution in [0.25, 0.3) is 0 Å². The van der Waals surface area contributed by atoms with Crippen LogP contribution in [0.1, 0.15) is 44.2 Å². The van der Waals surface area contributed by atoms with E-state index in [1.54, 1.807) is 7.05 Å². The van der Waals surface area contributed by atoms with Gasteiger partial charge in [0.2, 0.25) is 0 Å². The van der Waals surface area contributed by atoms with Gasteiger partial charge in [-0.25, -0.2) is 4.98 Å². The molecule has 0 saturated carbocycles. The number of pyridine rings is 1. The van der Waals surface area contributed by atoms with Crippen LogP contribution in [0.2, 0.25) is 0 Å². The largest absolute Gasteiger partial charge is 0.490 e. The quantitative estimate of drug-likeness (QED) is 0.434. The van der Waals surface area contributed by atoms with Crippen LogP contribution < -0.4 is 25.0 Å². The number of anilines is 1. The van der Waals surface area contributed by atoms with Gasteiger partial charge in [-0.05, 0) is 74.9 Å². The van der Waals surface area contributed by atoms with E-state index in [2.05, 4.69) is 49.8 Å². The van der Waals surface area contributed by atoms with E-state index in [9.17, 15) is 0 Å². The van der Waals surface area contributed by atoms with Crippen molar-refractivity contribution in [3.8, 4) is 11.5 Å². The normalized spacial score (nSPS) is 14.2. The summed E-state index contributed by atoms with van der Waals surface area (Å²) in [5.41, 5.74) is 2.40. The molecule has 1 fully saturated rings. The Labute approximate surface area is 192 Å². The lowest BCUT2D eigenvalue weighted by Crippen LogP contribution is -2.38. The van der Waals surface area contributed by atoms with Crippen LogP contribution in [0.4, 0.5) is 5.82 Å². The Hall–Kier alpha value is -2.96. The second kappa shape index (κ2) is 12.8. The first-order valence-corrected chi connectivity index (χ1v) is 11.8. The molecule has 2 heterocycles. The molecular formula is C25H37N5O2. The zero-order chi connectivity index (χ0) is 22.6. The molecule has 1 aliphatic rings. The molecule has 0 aliphatic carbocycles. The number of aliphatic imine (C=N–C) groups is 1. The molecule has 1 aromatic carbocycles. The molecule has 0 unspecified atom stereocenters. The van der Waals surface area contributed by atoms with Crippen LogP contribution in [0.3, 0.4) is 0 Å². The van der Waals surface area contributed by atoms with E-state index in [4.69, 9.17) is 9.47 Å². The highest BCUT2D eigenvalue weighted by atomic mass is 16.5. The van der Waals surface area contributed by atoms with Gasteiger partial charge in [-0.1, -0.05) is 6.07 Å². The van der Waals surface area contributed by atoms with Crippen LogP contribution in [-0.2, 0) is 13.0 Å². The summed E-state index contributed by atoms with van der Waals surface area (Å²) in [6.45, 7) is 8.89. The maximum atomic E-state index is 5.73. The van der Waals surface area contributed by atoms with Crippen molar-refractivity contribution < 1.29 is 9.47 Å². The fourth-order valence-corrected chi connectivity index (χ4v) is 3.85. The fourth-order valence-electron chi connectivity index (χ4n) is 3.85. The van der Waals surface area contributed by atoms with Gasteiger partial charge in [0, 0.05) is 39.4 Å². The van der Waals surface area contributed by atoms with Gasteiger partial charge in [0.05, 0.1) is 13.2 Å². The van der Waals surface area contributed by atoms with Crippen molar-refractivity contribution in [2.24, 2.45) is 4.99 Å². The lowest BCUT2D eigenvalue weighted by atomic mass is 10.1. The summed E-state index contributed by atoms with van der Waals surface area (Å²) < 4.78 is 11.4. The predicted molar refractivity (Wildman–Crippen MR) is 131 cm³/mol. The van der Waals surface area contributed by atoms with Gasteiger partial charge in [0.25, 0.3) is 0 Å². The first-order valence-electron chi connectivity index (χ1n) is 11.8. The summed E-state index contributed by atoms with van der Waals surface area (Å²) in [6, 6.07) is 10.4. The first kappa shape index (κ1) is 23.7. The predicted octanol–water partition coefficient (Wildman–Crippen LogP) is 3.78.